The van der Waals surface area contributed by atoms with E-state index in [9.17, 15) is 48.9 Å². The fourth-order valence-electron chi connectivity index (χ4n) is 10.6. The lowest BCUT2D eigenvalue weighted by molar-refractivity contribution is -0.870. The molecule has 3 saturated heterocycles. The van der Waals surface area contributed by atoms with Gasteiger partial charge in [0.1, 0.15) is 47.8 Å². The second-order valence-electron chi connectivity index (χ2n) is 22.8. The highest BCUT2D eigenvalue weighted by molar-refractivity contribution is 6.00. The van der Waals surface area contributed by atoms with Gasteiger partial charge in [-0.3, -0.25) is 33.6 Å². The van der Waals surface area contributed by atoms with E-state index in [1.807, 2.05) is 69.7 Å². The van der Waals surface area contributed by atoms with E-state index in [2.05, 4.69) is 33.5 Å². The molecule has 436 valence electrons. The molecule has 0 aliphatic carbocycles. The summed E-state index contributed by atoms with van der Waals surface area (Å²) in [5, 5.41) is 46.0. The highest BCUT2D eigenvalue weighted by atomic mass is 16.5. The molecule has 20 heteroatoms. The first-order valence-electron chi connectivity index (χ1n) is 28.4. The Bertz CT molecular complexity index is 2790. The largest absolute Gasteiger partial charge is 0.508 e. The van der Waals surface area contributed by atoms with Crippen LogP contribution in [-0.4, -0.2) is 179 Å². The smallest absolute Gasteiger partial charge is 0.251 e. The van der Waals surface area contributed by atoms with E-state index in [4.69, 9.17) is 10.5 Å². The average molecular weight is 1120 g/mol. The molecular weight excluding hydrogens is 1030 g/mol. The summed E-state index contributed by atoms with van der Waals surface area (Å²) in [6.07, 6.45) is 1.46. The second kappa shape index (κ2) is 28.3. The van der Waals surface area contributed by atoms with Crippen LogP contribution in [0.2, 0.25) is 0 Å². The number of aryl methyl sites for hydroxylation is 1. The van der Waals surface area contributed by atoms with Crippen molar-refractivity contribution in [2.24, 2.45) is 5.73 Å². The third kappa shape index (κ3) is 17.1. The van der Waals surface area contributed by atoms with E-state index >= 15 is 0 Å². The molecule has 10 N–H and O–H groups in total. The van der Waals surface area contributed by atoms with Gasteiger partial charge >= 0.3 is 0 Å². The Morgan fingerprint density at radius 1 is 0.716 bits per heavy atom. The van der Waals surface area contributed by atoms with Gasteiger partial charge in [-0.2, -0.15) is 0 Å². The van der Waals surface area contributed by atoms with Gasteiger partial charge in [0.25, 0.3) is 5.91 Å². The highest BCUT2D eigenvalue weighted by Gasteiger charge is 2.45. The van der Waals surface area contributed by atoms with Crippen molar-refractivity contribution in [2.45, 2.75) is 139 Å². The molecule has 7 rings (SSSR count). The van der Waals surface area contributed by atoms with Gasteiger partial charge in [0.2, 0.25) is 35.4 Å². The summed E-state index contributed by atoms with van der Waals surface area (Å²) in [5.74, 6) is -4.03. The zero-order chi connectivity index (χ0) is 58.4. The highest BCUT2D eigenvalue weighted by Crippen LogP contribution is 2.28. The van der Waals surface area contributed by atoms with Gasteiger partial charge in [-0.1, -0.05) is 80.4 Å². The summed E-state index contributed by atoms with van der Waals surface area (Å²) in [5.41, 5.74) is 11.2. The summed E-state index contributed by atoms with van der Waals surface area (Å²) in [6.45, 7) is 4.45. The molecule has 3 aliphatic heterocycles. The average Bonchev–Trinajstić information content (AvgIpc) is 4.05. The number of aliphatic hydroxyl groups excluding tert-OH is 2. The van der Waals surface area contributed by atoms with Gasteiger partial charge in [-0.05, 0) is 123 Å². The number of unbranched alkanes of at least 4 members (excludes halogenated alkanes) is 2. The van der Waals surface area contributed by atoms with E-state index in [1.165, 1.54) is 24.0 Å². The first-order valence-corrected chi connectivity index (χ1v) is 28.4. The molecule has 3 heterocycles. The molecule has 4 aromatic carbocycles. The molecule has 3 aliphatic rings. The quantitative estimate of drug-likeness (QED) is 0.0545. The Labute approximate surface area is 474 Å². The predicted molar refractivity (Wildman–Crippen MR) is 306 cm³/mol. The van der Waals surface area contributed by atoms with E-state index in [1.54, 1.807) is 36.4 Å². The minimum Gasteiger partial charge on any atom is -0.508 e. The number of fused-ring (bicyclic) bond motifs is 2. The number of ether oxygens (including phenoxy) is 1. The van der Waals surface area contributed by atoms with Crippen molar-refractivity contribution in [3.05, 3.63) is 108 Å². The summed E-state index contributed by atoms with van der Waals surface area (Å²) in [6, 6.07) is 20.8. The van der Waals surface area contributed by atoms with Crippen LogP contribution in [0.4, 0.5) is 0 Å². The number of rotatable bonds is 17. The lowest BCUT2D eigenvalue weighted by Gasteiger charge is -2.32. The number of nitrogens with one attached hydrogen (secondary N) is 5. The Kier molecular flexibility index (Phi) is 21.4. The maximum atomic E-state index is 14.7. The zero-order valence-electron chi connectivity index (χ0n) is 47.3. The minimum absolute atomic E-state index is 0.00482. The molecule has 0 saturated carbocycles. The monoisotopic (exact) mass is 1120 g/mol. The number of carbonyl (C=O) groups is 7. The Balaban J connectivity index is 1.13. The normalized spacial score (nSPS) is 24.0. The van der Waals surface area contributed by atoms with Gasteiger partial charge in [-0.15, -0.1) is 0 Å². The molecule has 0 aromatic heterocycles. The number of quaternary nitrogens is 1. The summed E-state index contributed by atoms with van der Waals surface area (Å²) in [4.78, 5) is 103. The first-order chi connectivity index (χ1) is 38.7. The predicted octanol–water partition coefficient (Wildman–Crippen LogP) is 3.15. The molecule has 0 bridgehead atoms. The van der Waals surface area contributed by atoms with Crippen molar-refractivity contribution in [1.82, 2.24) is 36.4 Å². The van der Waals surface area contributed by atoms with Gasteiger partial charge < -0.3 is 66.7 Å². The number of benzene rings is 4. The molecule has 0 radical (unpaired) electrons. The van der Waals surface area contributed by atoms with Crippen molar-refractivity contribution in [2.75, 3.05) is 53.9 Å². The molecule has 4 aromatic rings. The lowest BCUT2D eigenvalue weighted by atomic mass is 9.99. The number of phenolic OH excluding ortho intramolecular Hbond substituents is 1. The van der Waals surface area contributed by atoms with E-state index in [0.29, 0.717) is 24.1 Å². The van der Waals surface area contributed by atoms with Crippen LogP contribution >= 0.6 is 0 Å². The van der Waals surface area contributed by atoms with Crippen LogP contribution in [0.5, 0.6) is 11.5 Å². The third-order valence-electron chi connectivity index (χ3n) is 15.2. The summed E-state index contributed by atoms with van der Waals surface area (Å²) >= 11 is 0. The van der Waals surface area contributed by atoms with Gasteiger partial charge in [0, 0.05) is 37.7 Å². The zero-order valence-corrected chi connectivity index (χ0v) is 47.3. The Morgan fingerprint density at radius 2 is 1.31 bits per heavy atom. The number of aromatic hydroxyl groups is 1. The SMILES string of the molecule is CCCCCOc1ccc(-c2ccc(-c3ccc(C(=O)N[C@H]4CCCNC(=O)C5C[C@H](N)CN5C(=O)C(CCC[N+](C)(C)C)NC(=O)C(CCc5ccc(O)cc5)NC(=O)C5C[C@@H](O)CN5C(=O)C(C(C)O)NC4=O)cc3)cc2)cc1. The minimum atomic E-state index is -1.66. The standard InChI is InChI=1S/C61H81N9O11/c1-6-7-8-33-81-48-28-24-43(25-29-48)41-18-16-40(17-19-41)42-20-22-44(23-21-42)55(74)64-49-11-9-31-63-58(77)52-34-45(62)36-68(52)60(79)51(12-10-32-70(3,4)5)66-56(75)50(30-15-39-13-26-46(72)27-14-39)65-59(78)53-35-47(73)37-69(53)61(80)54(38(2)71)67-57(49)76/h13-14,16-29,38,45,47,49-54,71,73H,6-12,15,30-37,62H2,1-5H3,(H5-,63,64,65,66,67,72,74,75,76,77,78)/p+1/t38?,45-,47+,49-,50?,51?,52?,53?,54?/m0/s1. The fraction of sp³-hybridized carbons (Fsp3) is 0.492. The second-order valence-corrected chi connectivity index (χ2v) is 22.8. The van der Waals surface area contributed by atoms with Gasteiger partial charge in [-0.25, -0.2) is 0 Å². The first kappa shape index (κ1) is 61.2. The van der Waals surface area contributed by atoms with Crippen LogP contribution < -0.4 is 37.1 Å². The van der Waals surface area contributed by atoms with Crippen LogP contribution in [0.15, 0.2) is 97.1 Å². The lowest BCUT2D eigenvalue weighted by Crippen LogP contribution is -2.61. The summed E-state index contributed by atoms with van der Waals surface area (Å²) in [7, 11) is 5.99. The summed E-state index contributed by atoms with van der Waals surface area (Å²) < 4.78 is 6.44. The fourth-order valence-corrected chi connectivity index (χ4v) is 10.6. The maximum absolute atomic E-state index is 14.7. The number of nitrogens with zero attached hydrogens (tertiary/aromatic N) is 3. The molecular formula is C61H82N9O11+. The number of nitrogens with two attached hydrogens (primary N) is 1. The van der Waals surface area contributed by atoms with Gasteiger partial charge in [0.15, 0.2) is 0 Å². The Morgan fingerprint density at radius 3 is 1.93 bits per heavy atom. The number of hydrogen-bond donors (Lipinski definition) is 9. The third-order valence-corrected chi connectivity index (χ3v) is 15.2. The molecule has 0 spiro atoms. The van der Waals surface area contributed by atoms with Crippen LogP contribution in [0.25, 0.3) is 22.3 Å². The van der Waals surface area contributed by atoms with Crippen LogP contribution in [0.3, 0.4) is 0 Å². The van der Waals surface area contributed by atoms with Crippen molar-refractivity contribution in [1.29, 1.82) is 0 Å². The maximum Gasteiger partial charge on any atom is 0.251 e. The van der Waals surface area contributed by atoms with Crippen LogP contribution in [0.1, 0.15) is 94.0 Å². The number of amides is 7. The van der Waals surface area contributed by atoms with E-state index in [-0.39, 0.29) is 75.9 Å². The molecule has 81 heavy (non-hydrogen) atoms. The number of phenols is 1. The van der Waals surface area contributed by atoms with Crippen molar-refractivity contribution in [3.63, 3.8) is 0 Å². The van der Waals surface area contributed by atoms with Crippen molar-refractivity contribution >= 4 is 41.4 Å². The topological polar surface area (TPSA) is 282 Å². The molecule has 3 fully saturated rings. The molecule has 7 amide bonds. The molecule has 20 nitrogen and oxygen atoms in total. The van der Waals surface area contributed by atoms with Crippen LogP contribution in [-0.2, 0) is 35.2 Å². The number of hydrogen-bond acceptors (Lipinski definition) is 12. The van der Waals surface area contributed by atoms with Gasteiger partial charge in [0.05, 0.1) is 46.5 Å². The van der Waals surface area contributed by atoms with Crippen molar-refractivity contribution in [3.8, 4) is 33.8 Å². The van der Waals surface area contributed by atoms with E-state index < -0.39 is 95.9 Å². The van der Waals surface area contributed by atoms with Crippen LogP contribution in [0, 0.1) is 0 Å². The van der Waals surface area contributed by atoms with E-state index in [0.717, 1.165) is 57.7 Å². The Hall–Kier alpha value is -7.39. The molecule has 6 unspecified atom stereocenters. The number of carbonyl (C=O) groups excluding carboxylic acids is 7. The molecule has 9 atom stereocenters. The number of aliphatic hydroxyl groups is 2. The van der Waals surface area contributed by atoms with Crippen molar-refractivity contribution < 1.29 is 58.1 Å².